The van der Waals surface area contributed by atoms with Crippen LogP contribution in [0.25, 0.3) is 11.2 Å². The highest BCUT2D eigenvalue weighted by atomic mass is 31.2. The molecule has 0 bridgehead atoms. The Bertz CT molecular complexity index is 1240. The summed E-state index contributed by atoms with van der Waals surface area (Å²) in [5.74, 6) is -0.307. The van der Waals surface area contributed by atoms with Gasteiger partial charge in [-0.1, -0.05) is 0 Å². The van der Waals surface area contributed by atoms with Crippen molar-refractivity contribution in [2.45, 2.75) is 20.4 Å². The lowest BCUT2D eigenvalue weighted by Gasteiger charge is -2.19. The average Bonchev–Trinajstić information content (AvgIpc) is 2.79. The van der Waals surface area contributed by atoms with Crippen molar-refractivity contribution in [3.63, 3.8) is 0 Å². The normalized spacial score (nSPS) is 11.5. The third-order valence-corrected chi connectivity index (χ3v) is 6.85. The van der Waals surface area contributed by atoms with E-state index >= 15 is 0 Å². The fourth-order valence-electron chi connectivity index (χ4n) is 3.22. The number of nitrogen functional groups attached to an aromatic ring is 1. The molecule has 0 aliphatic heterocycles. The van der Waals surface area contributed by atoms with Gasteiger partial charge in [0, 0.05) is 24.8 Å². The topological polar surface area (TPSA) is 165 Å². The third kappa shape index (κ3) is 6.37. The van der Waals surface area contributed by atoms with Crippen LogP contribution in [0.5, 0.6) is 0 Å². The molecule has 0 atom stereocenters. The molecule has 0 radical (unpaired) electrons. The van der Waals surface area contributed by atoms with Gasteiger partial charge in [0.15, 0.2) is 11.2 Å². The number of aromatic amines is 1. The van der Waals surface area contributed by atoms with Gasteiger partial charge in [-0.05, 0) is 38.1 Å². The molecule has 0 aliphatic carbocycles. The molecule has 3 aromatic rings. The largest absolute Gasteiger partial charge is 0.369 e. The van der Waals surface area contributed by atoms with Crippen LogP contribution in [0.3, 0.4) is 0 Å². The van der Waals surface area contributed by atoms with Crippen LogP contribution in [0.2, 0.25) is 0 Å². The molecule has 3 rings (SSSR count). The van der Waals surface area contributed by atoms with E-state index in [1.165, 1.54) is 6.20 Å². The van der Waals surface area contributed by atoms with Crippen LogP contribution >= 0.6 is 7.60 Å². The Morgan fingerprint density at radius 3 is 2.50 bits per heavy atom. The average molecular weight is 489 g/mol. The zero-order valence-corrected chi connectivity index (χ0v) is 20.2. The van der Waals surface area contributed by atoms with Gasteiger partial charge in [0.1, 0.15) is 0 Å². The van der Waals surface area contributed by atoms with Crippen molar-refractivity contribution in [2.75, 3.05) is 43.6 Å². The molecule has 0 saturated carbocycles. The van der Waals surface area contributed by atoms with E-state index < -0.39 is 13.2 Å². The number of aromatic nitrogens is 4. The van der Waals surface area contributed by atoms with Crippen LogP contribution in [0.15, 0.2) is 35.3 Å². The van der Waals surface area contributed by atoms with Gasteiger partial charge >= 0.3 is 7.60 Å². The van der Waals surface area contributed by atoms with Crippen LogP contribution < -0.4 is 21.5 Å². The van der Waals surface area contributed by atoms with Gasteiger partial charge in [0.2, 0.25) is 5.95 Å². The van der Waals surface area contributed by atoms with E-state index in [-0.39, 0.29) is 48.9 Å². The third-order valence-electron chi connectivity index (χ3n) is 4.78. The molecule has 0 spiro atoms. The van der Waals surface area contributed by atoms with E-state index in [2.05, 4.69) is 25.3 Å². The Morgan fingerprint density at radius 1 is 1.18 bits per heavy atom. The molecular weight excluding hydrogens is 461 g/mol. The first-order valence-corrected chi connectivity index (χ1v) is 12.5. The first-order chi connectivity index (χ1) is 16.2. The number of amides is 1. The summed E-state index contributed by atoms with van der Waals surface area (Å²) >= 11 is 0. The van der Waals surface area contributed by atoms with Gasteiger partial charge in [0.25, 0.3) is 11.5 Å². The predicted octanol–water partition coefficient (Wildman–Crippen LogP) is 1.93. The molecule has 0 aliphatic rings. The summed E-state index contributed by atoms with van der Waals surface area (Å²) in [5.41, 5.74) is 7.24. The lowest BCUT2D eigenvalue weighted by Crippen LogP contribution is -2.27. The Kier molecular flexibility index (Phi) is 8.32. The molecule has 1 aromatic carbocycles. The molecule has 13 heteroatoms. The van der Waals surface area contributed by atoms with Gasteiger partial charge in [-0.2, -0.15) is 4.98 Å². The number of carbonyl (C=O) groups is 1. The van der Waals surface area contributed by atoms with E-state index in [1.54, 1.807) is 38.1 Å². The van der Waals surface area contributed by atoms with Gasteiger partial charge in [-0.3, -0.25) is 19.1 Å². The number of carbonyl (C=O) groups excluding carboxylic acids is 1. The van der Waals surface area contributed by atoms with E-state index in [0.29, 0.717) is 17.8 Å². The van der Waals surface area contributed by atoms with Gasteiger partial charge < -0.3 is 25.0 Å². The zero-order chi connectivity index (χ0) is 24.7. The van der Waals surface area contributed by atoms with Crippen LogP contribution in [0.4, 0.5) is 11.6 Å². The summed E-state index contributed by atoms with van der Waals surface area (Å²) < 4.78 is 22.9. The van der Waals surface area contributed by atoms with Crippen molar-refractivity contribution in [1.29, 1.82) is 0 Å². The summed E-state index contributed by atoms with van der Waals surface area (Å²) in [5, 5.41) is 2.74. The van der Waals surface area contributed by atoms with Crippen LogP contribution in [0.1, 0.15) is 29.9 Å². The van der Waals surface area contributed by atoms with Crippen molar-refractivity contribution in [3.05, 3.63) is 52.1 Å². The lowest BCUT2D eigenvalue weighted by molar-refractivity contribution is 0.0955. The fraction of sp³-hybridized carbons (Fsp3) is 0.381. The molecule has 1 amide bonds. The summed E-state index contributed by atoms with van der Waals surface area (Å²) in [7, 11) is -1.35. The summed E-state index contributed by atoms with van der Waals surface area (Å²) in [6.07, 6.45) is 1.63. The number of fused-ring (bicyclic) bond motifs is 1. The summed E-state index contributed by atoms with van der Waals surface area (Å²) in [4.78, 5) is 41.2. The molecule has 0 fully saturated rings. The number of nitrogens with two attached hydrogens (primary N) is 1. The monoisotopic (exact) mass is 489 g/mol. The van der Waals surface area contributed by atoms with E-state index in [1.807, 2.05) is 11.9 Å². The lowest BCUT2D eigenvalue weighted by atomic mass is 10.2. The second-order valence-electron chi connectivity index (χ2n) is 7.31. The molecule has 12 nitrogen and oxygen atoms in total. The van der Waals surface area contributed by atoms with Crippen LogP contribution in [0, 0.1) is 0 Å². The van der Waals surface area contributed by atoms with Crippen LogP contribution in [-0.2, 0) is 20.2 Å². The van der Waals surface area contributed by atoms with Gasteiger partial charge in [-0.15, -0.1) is 0 Å². The summed E-state index contributed by atoms with van der Waals surface area (Å²) in [6, 6.07) is 6.97. The number of anilines is 2. The fourth-order valence-corrected chi connectivity index (χ4v) is 4.72. The molecule has 2 heterocycles. The highest BCUT2D eigenvalue weighted by Gasteiger charge is 2.23. The van der Waals surface area contributed by atoms with Crippen molar-refractivity contribution in [1.82, 2.24) is 25.3 Å². The van der Waals surface area contributed by atoms with Gasteiger partial charge in [-0.25, -0.2) is 9.97 Å². The minimum absolute atomic E-state index is 0.0154. The van der Waals surface area contributed by atoms with Crippen LogP contribution in [-0.4, -0.2) is 58.8 Å². The maximum absolute atomic E-state index is 12.5. The molecule has 2 aromatic heterocycles. The Balaban J connectivity index is 1.60. The molecule has 0 saturated heterocycles. The zero-order valence-electron chi connectivity index (χ0n) is 19.3. The quantitative estimate of drug-likeness (QED) is 0.339. The van der Waals surface area contributed by atoms with E-state index in [0.717, 1.165) is 5.69 Å². The highest BCUT2D eigenvalue weighted by Crippen LogP contribution is 2.47. The Labute approximate surface area is 196 Å². The molecule has 182 valence electrons. The van der Waals surface area contributed by atoms with E-state index in [4.69, 9.17) is 14.8 Å². The predicted molar refractivity (Wildman–Crippen MR) is 129 cm³/mol. The summed E-state index contributed by atoms with van der Waals surface area (Å²) in [6.45, 7) is 4.56. The molecule has 34 heavy (non-hydrogen) atoms. The number of nitrogens with one attached hydrogen (secondary N) is 2. The first-order valence-electron chi connectivity index (χ1n) is 10.7. The van der Waals surface area contributed by atoms with Crippen molar-refractivity contribution in [2.24, 2.45) is 0 Å². The first kappa shape index (κ1) is 25.3. The van der Waals surface area contributed by atoms with Gasteiger partial charge in [0.05, 0.1) is 37.8 Å². The number of H-pyrrole nitrogens is 1. The minimum atomic E-state index is -3.21. The number of benzene rings is 1. The number of hydrogen-bond donors (Lipinski definition) is 3. The maximum Gasteiger partial charge on any atom is 0.332 e. The second kappa shape index (κ2) is 11.2. The Hall–Kier alpha value is -3.34. The number of rotatable bonds is 11. The molecular formula is C21H28N7O5P. The maximum atomic E-state index is 12.5. The highest BCUT2D eigenvalue weighted by molar-refractivity contribution is 7.53. The van der Waals surface area contributed by atoms with Crippen molar-refractivity contribution < 1.29 is 18.4 Å². The number of nitrogens with zero attached hydrogens (tertiary/aromatic N) is 4. The Morgan fingerprint density at radius 2 is 1.85 bits per heavy atom. The molecule has 4 N–H and O–H groups in total. The smallest absolute Gasteiger partial charge is 0.332 e. The van der Waals surface area contributed by atoms with E-state index in [9.17, 15) is 14.2 Å². The molecule has 0 unspecified atom stereocenters. The van der Waals surface area contributed by atoms with Crippen molar-refractivity contribution in [3.8, 4) is 0 Å². The number of hydrogen-bond acceptors (Lipinski definition) is 10. The SMILES string of the molecule is CCOP(=O)(CCNC(=O)c1ccc(N(C)Cc2cnc3nc(N)[nH]c(=O)c3n2)cc1)OCC. The van der Waals surface area contributed by atoms with Crippen molar-refractivity contribution >= 4 is 36.3 Å². The standard InChI is InChI=1S/C21H28N7O5P/c1-4-32-34(31,33-5-2)11-10-23-19(29)14-6-8-16(9-7-14)28(3)13-15-12-24-18-17(25-15)20(30)27-21(22)26-18/h6-9,12H,4-5,10-11,13H2,1-3H3,(H,23,29)(H3,22,24,26,27,30). The second-order valence-corrected chi connectivity index (χ2v) is 9.50. The minimum Gasteiger partial charge on any atom is -0.369 e.